The number of anilines is 2. The SMILES string of the molecule is Cc1ccc(C)c(Nc2cc(C(=O)O)c(Cl)cn2)c1. The van der Waals surface area contributed by atoms with E-state index in [1.54, 1.807) is 0 Å². The molecule has 0 amide bonds. The zero-order valence-corrected chi connectivity index (χ0v) is 11.3. The second kappa shape index (κ2) is 5.28. The Kier molecular flexibility index (Phi) is 3.71. The Morgan fingerprint density at radius 1 is 1.32 bits per heavy atom. The largest absolute Gasteiger partial charge is 0.478 e. The molecule has 0 aliphatic rings. The van der Waals surface area contributed by atoms with Crippen LogP contribution < -0.4 is 5.32 Å². The summed E-state index contributed by atoms with van der Waals surface area (Å²) in [5.74, 6) is -0.619. The molecule has 2 rings (SSSR count). The van der Waals surface area contributed by atoms with Crippen molar-refractivity contribution < 1.29 is 9.90 Å². The van der Waals surface area contributed by atoms with Gasteiger partial charge in [0, 0.05) is 11.9 Å². The molecule has 0 fully saturated rings. The third kappa shape index (κ3) is 3.03. The number of aromatic nitrogens is 1. The number of nitrogens with zero attached hydrogens (tertiary/aromatic N) is 1. The summed E-state index contributed by atoms with van der Waals surface area (Å²) in [4.78, 5) is 15.1. The molecule has 1 aromatic heterocycles. The van der Waals surface area contributed by atoms with E-state index in [0.29, 0.717) is 5.82 Å². The van der Waals surface area contributed by atoms with Crippen molar-refractivity contribution in [3.8, 4) is 0 Å². The molecule has 1 aromatic carbocycles. The molecule has 1 heterocycles. The first-order valence-corrected chi connectivity index (χ1v) is 6.08. The van der Waals surface area contributed by atoms with Gasteiger partial charge in [0.2, 0.25) is 0 Å². The lowest BCUT2D eigenvalue weighted by molar-refractivity contribution is 0.0697. The van der Waals surface area contributed by atoms with Crippen molar-refractivity contribution in [3.05, 3.63) is 52.2 Å². The van der Waals surface area contributed by atoms with Gasteiger partial charge in [-0.1, -0.05) is 23.7 Å². The smallest absolute Gasteiger partial charge is 0.337 e. The van der Waals surface area contributed by atoms with Crippen LogP contribution in [0.3, 0.4) is 0 Å². The van der Waals surface area contributed by atoms with Gasteiger partial charge in [-0.25, -0.2) is 9.78 Å². The molecular formula is C14H13ClN2O2. The molecule has 0 saturated carbocycles. The van der Waals surface area contributed by atoms with E-state index in [4.69, 9.17) is 16.7 Å². The van der Waals surface area contributed by atoms with Gasteiger partial charge in [0.25, 0.3) is 0 Å². The number of pyridine rings is 1. The van der Waals surface area contributed by atoms with Crippen molar-refractivity contribution in [2.75, 3.05) is 5.32 Å². The third-order valence-corrected chi connectivity index (χ3v) is 3.04. The highest BCUT2D eigenvalue weighted by atomic mass is 35.5. The molecule has 4 nitrogen and oxygen atoms in total. The number of nitrogens with one attached hydrogen (secondary N) is 1. The second-order valence-electron chi connectivity index (χ2n) is 4.30. The number of hydrogen-bond donors (Lipinski definition) is 2. The predicted octanol–water partition coefficient (Wildman–Crippen LogP) is 3.79. The van der Waals surface area contributed by atoms with Gasteiger partial charge < -0.3 is 10.4 Å². The lowest BCUT2D eigenvalue weighted by atomic mass is 10.1. The molecule has 0 saturated heterocycles. The molecule has 2 aromatic rings. The molecule has 0 unspecified atom stereocenters. The summed E-state index contributed by atoms with van der Waals surface area (Å²) < 4.78 is 0. The first-order chi connectivity index (χ1) is 8.97. The molecule has 0 atom stereocenters. The average molecular weight is 277 g/mol. The van der Waals surface area contributed by atoms with Gasteiger partial charge in [0.15, 0.2) is 0 Å². The van der Waals surface area contributed by atoms with Crippen molar-refractivity contribution in [2.45, 2.75) is 13.8 Å². The molecule has 2 N–H and O–H groups in total. The Morgan fingerprint density at radius 2 is 2.05 bits per heavy atom. The molecule has 0 spiro atoms. The zero-order chi connectivity index (χ0) is 14.0. The van der Waals surface area contributed by atoms with E-state index in [2.05, 4.69) is 10.3 Å². The van der Waals surface area contributed by atoms with E-state index in [1.165, 1.54) is 12.3 Å². The van der Waals surface area contributed by atoms with Crippen molar-refractivity contribution in [2.24, 2.45) is 0 Å². The van der Waals surface area contributed by atoms with Crippen molar-refractivity contribution in [1.82, 2.24) is 4.98 Å². The summed E-state index contributed by atoms with van der Waals surface area (Å²) >= 11 is 5.78. The third-order valence-electron chi connectivity index (χ3n) is 2.74. The maximum atomic E-state index is 11.0. The summed E-state index contributed by atoms with van der Waals surface area (Å²) in [5.41, 5.74) is 3.09. The van der Waals surface area contributed by atoms with Crippen LogP contribution in [0.5, 0.6) is 0 Å². The van der Waals surface area contributed by atoms with Gasteiger partial charge in [0.05, 0.1) is 10.6 Å². The molecule has 0 aliphatic carbocycles. The minimum Gasteiger partial charge on any atom is -0.478 e. The number of carboxylic acid groups (broad SMARTS) is 1. The number of aromatic carboxylic acids is 1. The van der Waals surface area contributed by atoms with E-state index < -0.39 is 5.97 Å². The highest BCUT2D eigenvalue weighted by Gasteiger charge is 2.11. The van der Waals surface area contributed by atoms with Crippen molar-refractivity contribution >= 4 is 29.1 Å². The first kappa shape index (κ1) is 13.4. The number of hydrogen-bond acceptors (Lipinski definition) is 3. The fourth-order valence-corrected chi connectivity index (χ4v) is 1.86. The van der Waals surface area contributed by atoms with E-state index in [-0.39, 0.29) is 10.6 Å². The van der Waals surface area contributed by atoms with Crippen LogP contribution in [0, 0.1) is 13.8 Å². The summed E-state index contributed by atoms with van der Waals surface area (Å²) in [6.45, 7) is 3.96. The van der Waals surface area contributed by atoms with Crippen LogP contribution in [0.25, 0.3) is 0 Å². The second-order valence-corrected chi connectivity index (χ2v) is 4.71. The molecule has 0 radical (unpaired) electrons. The molecular weight excluding hydrogens is 264 g/mol. The summed E-state index contributed by atoms with van der Waals surface area (Å²) in [5, 5.41) is 12.2. The maximum absolute atomic E-state index is 11.0. The summed E-state index contributed by atoms with van der Waals surface area (Å²) in [6.07, 6.45) is 1.33. The van der Waals surface area contributed by atoms with Crippen LogP contribution in [0.2, 0.25) is 5.02 Å². The monoisotopic (exact) mass is 276 g/mol. The molecule has 98 valence electrons. The van der Waals surface area contributed by atoms with E-state index >= 15 is 0 Å². The molecule has 0 bridgehead atoms. The number of carboxylic acids is 1. The lowest BCUT2D eigenvalue weighted by Gasteiger charge is -2.10. The van der Waals surface area contributed by atoms with Crippen molar-refractivity contribution in [3.63, 3.8) is 0 Å². The van der Waals surface area contributed by atoms with Crippen molar-refractivity contribution in [1.29, 1.82) is 0 Å². The zero-order valence-electron chi connectivity index (χ0n) is 10.6. The minimum absolute atomic E-state index is 0.0319. The number of halogens is 1. The number of aryl methyl sites for hydroxylation is 2. The van der Waals surface area contributed by atoms with Crippen LogP contribution in [-0.4, -0.2) is 16.1 Å². The van der Waals surface area contributed by atoms with Gasteiger partial charge in [-0.15, -0.1) is 0 Å². The minimum atomic E-state index is -1.07. The maximum Gasteiger partial charge on any atom is 0.337 e. The predicted molar refractivity (Wildman–Crippen MR) is 75.4 cm³/mol. The molecule has 5 heteroatoms. The van der Waals surface area contributed by atoms with E-state index in [9.17, 15) is 4.79 Å². The quantitative estimate of drug-likeness (QED) is 0.895. The van der Waals surface area contributed by atoms with Gasteiger partial charge in [-0.3, -0.25) is 0 Å². The number of carbonyl (C=O) groups is 1. The van der Waals surface area contributed by atoms with Gasteiger partial charge in [-0.05, 0) is 37.1 Å². The summed E-state index contributed by atoms with van der Waals surface area (Å²) in [7, 11) is 0. The van der Waals surface area contributed by atoms with E-state index in [0.717, 1.165) is 16.8 Å². The van der Waals surface area contributed by atoms with E-state index in [1.807, 2.05) is 32.0 Å². The Labute approximate surface area is 116 Å². The molecule has 19 heavy (non-hydrogen) atoms. The fourth-order valence-electron chi connectivity index (χ4n) is 1.68. The Hall–Kier alpha value is -2.07. The highest BCUT2D eigenvalue weighted by Crippen LogP contribution is 2.23. The fraction of sp³-hybridized carbons (Fsp3) is 0.143. The summed E-state index contributed by atoms with van der Waals surface area (Å²) in [6, 6.07) is 7.41. The van der Waals surface area contributed by atoms with Crippen LogP contribution in [-0.2, 0) is 0 Å². The number of rotatable bonds is 3. The van der Waals surface area contributed by atoms with Crippen LogP contribution in [0.4, 0.5) is 11.5 Å². The topological polar surface area (TPSA) is 62.2 Å². The Balaban J connectivity index is 2.36. The van der Waals surface area contributed by atoms with Gasteiger partial charge >= 0.3 is 5.97 Å². The molecule has 0 aliphatic heterocycles. The Bertz CT molecular complexity index is 641. The first-order valence-electron chi connectivity index (χ1n) is 5.70. The van der Waals surface area contributed by atoms with Gasteiger partial charge in [-0.2, -0.15) is 0 Å². The normalized spacial score (nSPS) is 10.3. The van der Waals surface area contributed by atoms with Crippen LogP contribution in [0.15, 0.2) is 30.5 Å². The standard InChI is InChI=1S/C14H13ClN2O2/c1-8-3-4-9(2)12(5-8)17-13-6-10(14(18)19)11(15)7-16-13/h3-7H,1-2H3,(H,16,17)(H,18,19). The van der Waals surface area contributed by atoms with Crippen LogP contribution in [0.1, 0.15) is 21.5 Å². The highest BCUT2D eigenvalue weighted by molar-refractivity contribution is 6.33. The lowest BCUT2D eigenvalue weighted by Crippen LogP contribution is -2.02. The van der Waals surface area contributed by atoms with Crippen LogP contribution >= 0.6 is 11.6 Å². The number of benzene rings is 1. The Morgan fingerprint density at radius 3 is 2.74 bits per heavy atom. The van der Waals surface area contributed by atoms with Gasteiger partial charge in [0.1, 0.15) is 5.82 Å². The average Bonchev–Trinajstić information content (AvgIpc) is 2.36.